The summed E-state index contributed by atoms with van der Waals surface area (Å²) in [4.78, 5) is 12.7. The molecule has 0 spiro atoms. The molecule has 1 fully saturated rings. The van der Waals surface area contributed by atoms with E-state index in [1.807, 2.05) is 0 Å². The first-order valence-electron chi connectivity index (χ1n) is 6.96. The van der Waals surface area contributed by atoms with Gasteiger partial charge in [0.25, 0.3) is 0 Å². The zero-order chi connectivity index (χ0) is 15.3. The summed E-state index contributed by atoms with van der Waals surface area (Å²) in [6.07, 6.45) is 1.52. The molecule has 0 bridgehead atoms. The van der Waals surface area contributed by atoms with Crippen molar-refractivity contribution in [3.63, 3.8) is 0 Å². The van der Waals surface area contributed by atoms with E-state index in [-0.39, 0.29) is 5.91 Å². The van der Waals surface area contributed by atoms with Crippen molar-refractivity contribution in [2.45, 2.75) is 12.8 Å². The molecule has 1 saturated heterocycles. The number of halogens is 1. The summed E-state index contributed by atoms with van der Waals surface area (Å²) in [7, 11) is 3.18. The molecule has 1 heterocycles. The van der Waals surface area contributed by atoms with Crippen molar-refractivity contribution >= 4 is 23.2 Å². The predicted molar refractivity (Wildman–Crippen MR) is 83.0 cm³/mol. The van der Waals surface area contributed by atoms with Gasteiger partial charge in [0.1, 0.15) is 5.75 Å². The fourth-order valence-electron chi connectivity index (χ4n) is 2.63. The lowest BCUT2D eigenvalue weighted by Gasteiger charge is -2.35. The monoisotopic (exact) mass is 312 g/mol. The van der Waals surface area contributed by atoms with E-state index in [1.54, 1.807) is 32.4 Å². The number of piperidine rings is 1. The standard InChI is InChI=1S/C15H21ClN2O3/c1-20-10-15(5-7-17-8-6-15)14(19)18-11-3-4-13(21-2)12(16)9-11/h3-4,9,17H,5-8,10H2,1-2H3,(H,18,19). The molecule has 0 atom stereocenters. The predicted octanol–water partition coefficient (Wildman–Crippen LogP) is 2.30. The Hall–Kier alpha value is -1.30. The third-order valence-electron chi connectivity index (χ3n) is 3.87. The van der Waals surface area contributed by atoms with Crippen LogP contribution in [0, 0.1) is 5.41 Å². The first kappa shape index (κ1) is 16.1. The number of hydrogen-bond donors (Lipinski definition) is 2. The molecule has 0 aromatic heterocycles. The first-order valence-corrected chi connectivity index (χ1v) is 7.34. The summed E-state index contributed by atoms with van der Waals surface area (Å²) < 4.78 is 10.4. The molecule has 5 nitrogen and oxygen atoms in total. The zero-order valence-corrected chi connectivity index (χ0v) is 13.1. The second-order valence-corrected chi connectivity index (χ2v) is 5.67. The van der Waals surface area contributed by atoms with Crippen LogP contribution in [0.1, 0.15) is 12.8 Å². The molecule has 116 valence electrons. The summed E-state index contributed by atoms with van der Waals surface area (Å²) in [6.45, 7) is 2.06. The molecule has 6 heteroatoms. The van der Waals surface area contributed by atoms with Crippen LogP contribution in [-0.2, 0) is 9.53 Å². The third-order valence-corrected chi connectivity index (χ3v) is 4.17. The van der Waals surface area contributed by atoms with Gasteiger partial charge in [-0.2, -0.15) is 0 Å². The average Bonchev–Trinajstić information content (AvgIpc) is 2.48. The number of ether oxygens (including phenoxy) is 2. The number of nitrogens with one attached hydrogen (secondary N) is 2. The largest absolute Gasteiger partial charge is 0.495 e. The van der Waals surface area contributed by atoms with Crippen molar-refractivity contribution < 1.29 is 14.3 Å². The van der Waals surface area contributed by atoms with Crippen LogP contribution >= 0.6 is 11.6 Å². The van der Waals surface area contributed by atoms with Gasteiger partial charge in [0, 0.05) is 12.8 Å². The quantitative estimate of drug-likeness (QED) is 0.876. The molecule has 1 aliphatic rings. The molecule has 0 radical (unpaired) electrons. The van der Waals surface area contributed by atoms with Gasteiger partial charge < -0.3 is 20.1 Å². The average molecular weight is 313 g/mol. The number of rotatable bonds is 5. The van der Waals surface area contributed by atoms with Crippen LogP contribution in [0.2, 0.25) is 5.02 Å². The Labute approximate surface area is 130 Å². The molecule has 2 N–H and O–H groups in total. The molecular weight excluding hydrogens is 292 g/mol. The van der Waals surface area contributed by atoms with Crippen molar-refractivity contribution in [1.82, 2.24) is 5.32 Å². The molecule has 1 aromatic rings. The summed E-state index contributed by atoms with van der Waals surface area (Å²) in [5.41, 5.74) is 0.187. The van der Waals surface area contributed by atoms with Gasteiger partial charge in [0.05, 0.1) is 24.2 Å². The highest BCUT2D eigenvalue weighted by atomic mass is 35.5. The smallest absolute Gasteiger partial charge is 0.233 e. The highest BCUT2D eigenvalue weighted by molar-refractivity contribution is 6.32. The van der Waals surface area contributed by atoms with Crippen LogP contribution in [0.3, 0.4) is 0 Å². The molecule has 1 aromatic carbocycles. The Balaban J connectivity index is 2.13. The van der Waals surface area contributed by atoms with Crippen LogP contribution in [0.5, 0.6) is 5.75 Å². The second kappa shape index (κ2) is 7.11. The molecule has 21 heavy (non-hydrogen) atoms. The molecule has 1 amide bonds. The number of carbonyl (C=O) groups excluding carboxylic acids is 1. The number of carbonyl (C=O) groups is 1. The molecular formula is C15H21ClN2O3. The lowest BCUT2D eigenvalue weighted by molar-refractivity contribution is -0.130. The van der Waals surface area contributed by atoms with Gasteiger partial charge >= 0.3 is 0 Å². The lowest BCUT2D eigenvalue weighted by atomic mass is 9.78. The van der Waals surface area contributed by atoms with Gasteiger partial charge in [-0.25, -0.2) is 0 Å². The summed E-state index contributed by atoms with van der Waals surface area (Å²) in [6, 6.07) is 5.22. The minimum absolute atomic E-state index is 0.0212. The Morgan fingerprint density at radius 2 is 2.10 bits per heavy atom. The maximum Gasteiger partial charge on any atom is 0.233 e. The van der Waals surface area contributed by atoms with Crippen LogP contribution in [-0.4, -0.2) is 39.8 Å². The SMILES string of the molecule is COCC1(C(=O)Nc2ccc(OC)c(Cl)c2)CCNCC1. The number of anilines is 1. The van der Waals surface area contributed by atoms with E-state index < -0.39 is 5.41 Å². The fraction of sp³-hybridized carbons (Fsp3) is 0.533. The molecule has 1 aliphatic heterocycles. The highest BCUT2D eigenvalue weighted by Gasteiger charge is 2.39. The zero-order valence-electron chi connectivity index (χ0n) is 12.4. The van der Waals surface area contributed by atoms with E-state index in [0.717, 1.165) is 25.9 Å². The van der Waals surface area contributed by atoms with Crippen molar-refractivity contribution in [2.75, 3.05) is 39.2 Å². The van der Waals surface area contributed by atoms with Gasteiger partial charge in [0.15, 0.2) is 0 Å². The minimum atomic E-state index is -0.480. The maximum absolute atomic E-state index is 12.7. The van der Waals surface area contributed by atoms with E-state index in [0.29, 0.717) is 23.1 Å². The van der Waals surface area contributed by atoms with Crippen LogP contribution in [0.4, 0.5) is 5.69 Å². The summed E-state index contributed by atoms with van der Waals surface area (Å²) in [5.74, 6) is 0.565. The van der Waals surface area contributed by atoms with Crippen molar-refractivity contribution in [2.24, 2.45) is 5.41 Å². The van der Waals surface area contributed by atoms with Crippen molar-refractivity contribution in [3.8, 4) is 5.75 Å². The fourth-order valence-corrected chi connectivity index (χ4v) is 2.88. The van der Waals surface area contributed by atoms with Crippen LogP contribution in [0.25, 0.3) is 0 Å². The second-order valence-electron chi connectivity index (χ2n) is 5.27. The Morgan fingerprint density at radius 3 is 2.67 bits per heavy atom. The van der Waals surface area contributed by atoms with Crippen molar-refractivity contribution in [3.05, 3.63) is 23.2 Å². The van der Waals surface area contributed by atoms with Gasteiger partial charge in [-0.15, -0.1) is 0 Å². The summed E-state index contributed by atoms with van der Waals surface area (Å²) >= 11 is 6.08. The number of methoxy groups -OCH3 is 2. The van der Waals surface area contributed by atoms with Crippen LogP contribution in [0.15, 0.2) is 18.2 Å². The van der Waals surface area contributed by atoms with E-state index in [1.165, 1.54) is 0 Å². The number of benzene rings is 1. The van der Waals surface area contributed by atoms with Gasteiger partial charge in [-0.3, -0.25) is 4.79 Å². The number of hydrogen-bond acceptors (Lipinski definition) is 4. The third kappa shape index (κ3) is 3.67. The number of amides is 1. The van der Waals surface area contributed by atoms with E-state index in [9.17, 15) is 4.79 Å². The van der Waals surface area contributed by atoms with Gasteiger partial charge in [0.2, 0.25) is 5.91 Å². The van der Waals surface area contributed by atoms with E-state index >= 15 is 0 Å². The Morgan fingerprint density at radius 1 is 1.38 bits per heavy atom. The molecule has 2 rings (SSSR count). The van der Waals surface area contributed by atoms with Gasteiger partial charge in [-0.1, -0.05) is 11.6 Å². The molecule has 0 aliphatic carbocycles. The van der Waals surface area contributed by atoms with Crippen molar-refractivity contribution in [1.29, 1.82) is 0 Å². The van der Waals surface area contributed by atoms with E-state index in [4.69, 9.17) is 21.1 Å². The normalized spacial score (nSPS) is 17.3. The highest BCUT2D eigenvalue weighted by Crippen LogP contribution is 2.32. The Bertz CT molecular complexity index is 496. The van der Waals surface area contributed by atoms with E-state index in [2.05, 4.69) is 10.6 Å². The first-order chi connectivity index (χ1) is 10.1. The molecule has 0 unspecified atom stereocenters. The maximum atomic E-state index is 12.7. The van der Waals surface area contributed by atoms with Gasteiger partial charge in [-0.05, 0) is 44.1 Å². The minimum Gasteiger partial charge on any atom is -0.495 e. The molecule has 0 saturated carbocycles. The Kier molecular flexibility index (Phi) is 5.45. The lowest BCUT2D eigenvalue weighted by Crippen LogP contribution is -2.47. The van der Waals surface area contributed by atoms with Crippen LogP contribution < -0.4 is 15.4 Å². The topological polar surface area (TPSA) is 59.6 Å². The summed E-state index contributed by atoms with van der Waals surface area (Å²) in [5, 5.41) is 6.68.